The van der Waals surface area contributed by atoms with Gasteiger partial charge in [-0.25, -0.2) is 12.8 Å². The van der Waals surface area contributed by atoms with Gasteiger partial charge >= 0.3 is 0 Å². The van der Waals surface area contributed by atoms with Crippen molar-refractivity contribution in [3.8, 4) is 0 Å². The first-order chi connectivity index (χ1) is 9.38. The van der Waals surface area contributed by atoms with Crippen molar-refractivity contribution in [2.75, 3.05) is 0 Å². The Bertz CT molecular complexity index is 612. The Hall–Kier alpha value is -1.14. The molecule has 1 aromatic carbocycles. The zero-order chi connectivity index (χ0) is 14.8. The van der Waals surface area contributed by atoms with Gasteiger partial charge in [0, 0.05) is 16.7 Å². The van der Waals surface area contributed by atoms with Crippen molar-refractivity contribution in [3.63, 3.8) is 0 Å². The lowest BCUT2D eigenvalue weighted by Crippen LogP contribution is -2.36. The molecule has 0 atom stereocenters. The van der Waals surface area contributed by atoms with Crippen molar-refractivity contribution < 1.29 is 17.6 Å². The summed E-state index contributed by atoms with van der Waals surface area (Å²) < 4.78 is 36.1. The Labute approximate surface area is 121 Å². The zero-order valence-electron chi connectivity index (χ0n) is 10.7. The zero-order valence-corrected chi connectivity index (χ0v) is 12.3. The quantitative estimate of drug-likeness (QED) is 0.871. The lowest BCUT2D eigenvalue weighted by molar-refractivity contribution is 0.0923. The molecule has 1 N–H and O–H groups in total. The molecule has 1 aromatic rings. The highest BCUT2D eigenvalue weighted by molar-refractivity contribution is 8.13. The van der Waals surface area contributed by atoms with Gasteiger partial charge in [0.05, 0.1) is 10.5 Å². The monoisotopic (exact) mass is 319 g/mol. The summed E-state index contributed by atoms with van der Waals surface area (Å²) in [6.45, 7) is 0. The summed E-state index contributed by atoms with van der Waals surface area (Å²) in [5.74, 6) is -1.36. The molecule has 1 aliphatic carbocycles. The van der Waals surface area contributed by atoms with Crippen molar-refractivity contribution in [1.82, 2.24) is 5.32 Å². The molecule has 20 heavy (non-hydrogen) atoms. The van der Waals surface area contributed by atoms with Crippen LogP contribution in [0.2, 0.25) is 0 Å². The molecule has 0 radical (unpaired) electrons. The van der Waals surface area contributed by atoms with E-state index in [1.807, 2.05) is 0 Å². The third-order valence-corrected chi connectivity index (χ3v) is 4.76. The van der Waals surface area contributed by atoms with Gasteiger partial charge in [-0.2, -0.15) is 0 Å². The molecule has 0 heterocycles. The first-order valence-electron chi connectivity index (χ1n) is 6.43. The maximum atomic E-state index is 13.7. The number of hydrogen-bond acceptors (Lipinski definition) is 3. The minimum Gasteiger partial charge on any atom is -0.349 e. The van der Waals surface area contributed by atoms with E-state index < -0.39 is 20.8 Å². The van der Waals surface area contributed by atoms with Crippen molar-refractivity contribution in [2.24, 2.45) is 0 Å². The Morgan fingerprint density at radius 1 is 1.25 bits per heavy atom. The first kappa shape index (κ1) is 15.3. The lowest BCUT2D eigenvalue weighted by Gasteiger charge is -2.22. The normalized spacial score (nSPS) is 16.9. The number of nitrogens with one attached hydrogen (secondary N) is 1. The van der Waals surface area contributed by atoms with Crippen LogP contribution in [0.3, 0.4) is 0 Å². The van der Waals surface area contributed by atoms with Crippen molar-refractivity contribution >= 4 is 25.6 Å². The van der Waals surface area contributed by atoms with Crippen LogP contribution < -0.4 is 5.32 Å². The van der Waals surface area contributed by atoms with Gasteiger partial charge in [-0.15, -0.1) is 0 Å². The second kappa shape index (κ2) is 6.10. The van der Waals surface area contributed by atoms with Gasteiger partial charge < -0.3 is 5.32 Å². The predicted molar refractivity (Wildman–Crippen MR) is 73.8 cm³/mol. The van der Waals surface area contributed by atoms with Crippen LogP contribution in [0.1, 0.15) is 42.5 Å². The topological polar surface area (TPSA) is 63.2 Å². The number of amides is 1. The summed E-state index contributed by atoms with van der Waals surface area (Å²) in [4.78, 5) is 11.7. The Morgan fingerprint density at radius 2 is 1.90 bits per heavy atom. The van der Waals surface area contributed by atoms with Gasteiger partial charge in [-0.05, 0) is 31.0 Å². The van der Waals surface area contributed by atoms with E-state index >= 15 is 0 Å². The lowest BCUT2D eigenvalue weighted by atomic mass is 9.95. The highest BCUT2D eigenvalue weighted by Crippen LogP contribution is 2.21. The number of carbonyl (C=O) groups is 1. The molecular formula is C13H15ClFNO3S. The van der Waals surface area contributed by atoms with Gasteiger partial charge in [0.25, 0.3) is 15.0 Å². The van der Waals surface area contributed by atoms with E-state index in [2.05, 4.69) is 5.32 Å². The predicted octanol–water partition coefficient (Wildman–Crippen LogP) is 2.82. The van der Waals surface area contributed by atoms with Crippen LogP contribution in [0.5, 0.6) is 0 Å². The molecule has 1 fully saturated rings. The molecule has 1 saturated carbocycles. The van der Waals surface area contributed by atoms with Crippen LogP contribution in [-0.4, -0.2) is 20.4 Å². The second-order valence-electron chi connectivity index (χ2n) is 4.89. The molecule has 0 spiro atoms. The van der Waals surface area contributed by atoms with E-state index in [9.17, 15) is 17.6 Å². The van der Waals surface area contributed by atoms with E-state index in [4.69, 9.17) is 10.7 Å². The Kier molecular flexibility index (Phi) is 4.65. The molecule has 0 aromatic heterocycles. The van der Waals surface area contributed by atoms with Crippen LogP contribution in [-0.2, 0) is 9.05 Å². The molecule has 110 valence electrons. The molecule has 0 unspecified atom stereocenters. The smallest absolute Gasteiger partial charge is 0.261 e. The minimum atomic E-state index is -3.98. The van der Waals surface area contributed by atoms with Crippen LogP contribution in [0, 0.1) is 5.82 Å². The van der Waals surface area contributed by atoms with Crippen LogP contribution >= 0.6 is 10.7 Å². The third kappa shape index (κ3) is 3.70. The van der Waals surface area contributed by atoms with E-state index in [1.165, 1.54) is 0 Å². The highest BCUT2D eigenvalue weighted by Gasteiger charge is 2.21. The fraction of sp³-hybridized carbons (Fsp3) is 0.462. The number of carbonyl (C=O) groups excluding carboxylic acids is 1. The van der Waals surface area contributed by atoms with Crippen LogP contribution in [0.15, 0.2) is 23.1 Å². The molecular weight excluding hydrogens is 305 g/mol. The third-order valence-electron chi connectivity index (χ3n) is 3.40. The largest absolute Gasteiger partial charge is 0.349 e. The fourth-order valence-electron chi connectivity index (χ4n) is 2.34. The molecule has 2 rings (SSSR count). The van der Waals surface area contributed by atoms with E-state index in [0.29, 0.717) is 0 Å². The van der Waals surface area contributed by atoms with Gasteiger partial charge in [-0.1, -0.05) is 19.3 Å². The number of benzene rings is 1. The summed E-state index contributed by atoms with van der Waals surface area (Å²) >= 11 is 0. The summed E-state index contributed by atoms with van der Waals surface area (Å²) in [7, 11) is 1.21. The van der Waals surface area contributed by atoms with E-state index in [1.54, 1.807) is 0 Å². The average molecular weight is 320 g/mol. The molecule has 0 aliphatic heterocycles. The van der Waals surface area contributed by atoms with Crippen LogP contribution in [0.25, 0.3) is 0 Å². The van der Waals surface area contributed by atoms with E-state index in [-0.39, 0.29) is 16.5 Å². The number of hydrogen-bond donors (Lipinski definition) is 1. The minimum absolute atomic E-state index is 0.0203. The van der Waals surface area contributed by atoms with E-state index in [0.717, 1.165) is 50.3 Å². The molecule has 0 bridgehead atoms. The number of rotatable bonds is 3. The summed E-state index contributed by atoms with van der Waals surface area (Å²) in [6, 6.07) is 2.96. The van der Waals surface area contributed by atoms with Crippen molar-refractivity contribution in [2.45, 2.75) is 43.0 Å². The van der Waals surface area contributed by atoms with Crippen LogP contribution in [0.4, 0.5) is 4.39 Å². The standard InChI is InChI=1S/C13H15ClFNO3S/c14-20(18,19)10-6-7-12(15)11(8-10)13(17)16-9-4-2-1-3-5-9/h6-9H,1-5H2,(H,16,17). The van der Waals surface area contributed by atoms with Gasteiger partial charge in [0.1, 0.15) is 5.82 Å². The summed E-state index contributed by atoms with van der Waals surface area (Å²) in [5.41, 5.74) is -0.294. The molecule has 4 nitrogen and oxygen atoms in total. The average Bonchev–Trinajstić information content (AvgIpc) is 2.39. The SMILES string of the molecule is O=C(NC1CCCCC1)c1cc(S(=O)(=O)Cl)ccc1F. The second-order valence-corrected chi connectivity index (χ2v) is 7.45. The number of halogens is 2. The van der Waals surface area contributed by atoms with Crippen molar-refractivity contribution in [3.05, 3.63) is 29.6 Å². The Morgan fingerprint density at radius 3 is 2.50 bits per heavy atom. The van der Waals surface area contributed by atoms with Crippen molar-refractivity contribution in [1.29, 1.82) is 0 Å². The molecule has 7 heteroatoms. The van der Waals surface area contributed by atoms with Gasteiger partial charge in [-0.3, -0.25) is 4.79 Å². The molecule has 1 aliphatic rings. The van der Waals surface area contributed by atoms with Gasteiger partial charge in [0.15, 0.2) is 0 Å². The molecule has 0 saturated heterocycles. The van der Waals surface area contributed by atoms with Gasteiger partial charge in [0.2, 0.25) is 0 Å². The summed E-state index contributed by atoms with van der Waals surface area (Å²) in [6.07, 6.45) is 4.93. The maximum absolute atomic E-state index is 13.7. The maximum Gasteiger partial charge on any atom is 0.261 e. The molecule has 1 amide bonds. The fourth-order valence-corrected chi connectivity index (χ4v) is 3.12. The highest BCUT2D eigenvalue weighted by atomic mass is 35.7. The first-order valence-corrected chi connectivity index (χ1v) is 8.74. The summed E-state index contributed by atoms with van der Waals surface area (Å²) in [5, 5.41) is 2.74. The Balaban J connectivity index is 2.20.